The molecule has 1 atom stereocenters. The number of anilines is 1. The third kappa shape index (κ3) is 2.46. The van der Waals surface area contributed by atoms with Crippen LogP contribution in [0.15, 0.2) is 28.7 Å². The highest BCUT2D eigenvalue weighted by molar-refractivity contribution is 6.06. The quantitative estimate of drug-likeness (QED) is 0.762. The van der Waals surface area contributed by atoms with Gasteiger partial charge in [0.15, 0.2) is 11.4 Å². The summed E-state index contributed by atoms with van der Waals surface area (Å²) in [5, 5.41) is 9.78. The van der Waals surface area contributed by atoms with Gasteiger partial charge >= 0.3 is 12.1 Å². The highest BCUT2D eigenvalue weighted by Crippen LogP contribution is 2.38. The Morgan fingerprint density at radius 3 is 2.76 bits per heavy atom. The molecule has 3 heterocycles. The lowest BCUT2D eigenvalue weighted by Gasteiger charge is -2.23. The summed E-state index contributed by atoms with van der Waals surface area (Å²) in [4.78, 5) is 20.0. The van der Waals surface area contributed by atoms with Crippen molar-refractivity contribution in [3.63, 3.8) is 0 Å². The third-order valence-electron chi connectivity index (χ3n) is 4.27. The van der Waals surface area contributed by atoms with Crippen LogP contribution in [-0.4, -0.2) is 33.6 Å². The molecule has 4 rings (SSSR count). The highest BCUT2D eigenvalue weighted by atomic mass is 19.4. The molecule has 3 aromatic rings. The number of benzene rings is 1. The maximum Gasteiger partial charge on any atom is 0.451 e. The van der Waals surface area contributed by atoms with Crippen molar-refractivity contribution in [3.05, 3.63) is 30.1 Å². The Bertz CT molecular complexity index is 983. The van der Waals surface area contributed by atoms with E-state index >= 15 is 0 Å². The zero-order valence-electron chi connectivity index (χ0n) is 12.7. The Balaban J connectivity index is 2.03. The number of hydrogen-bond acceptors (Lipinski definition) is 5. The fourth-order valence-corrected chi connectivity index (χ4v) is 3.17. The number of para-hydroxylation sites is 1. The van der Waals surface area contributed by atoms with E-state index < -0.39 is 24.0 Å². The number of carboxylic acid groups (broad SMARTS) is 1. The van der Waals surface area contributed by atoms with Crippen molar-refractivity contribution in [1.29, 1.82) is 0 Å². The minimum absolute atomic E-state index is 0.0314. The topological polar surface area (TPSA) is 79.5 Å². The second-order valence-electron chi connectivity index (χ2n) is 5.83. The Kier molecular flexibility index (Phi) is 3.34. The van der Waals surface area contributed by atoms with Gasteiger partial charge in [-0.3, -0.25) is 0 Å². The third-order valence-corrected chi connectivity index (χ3v) is 4.27. The smallest absolute Gasteiger partial charge is 0.451 e. The molecule has 130 valence electrons. The molecule has 0 unspecified atom stereocenters. The largest absolute Gasteiger partial charge is 0.480 e. The average molecular weight is 351 g/mol. The summed E-state index contributed by atoms with van der Waals surface area (Å²) in [7, 11) is 0. The van der Waals surface area contributed by atoms with E-state index in [1.54, 1.807) is 24.3 Å². The van der Waals surface area contributed by atoms with E-state index in [1.165, 1.54) is 4.90 Å². The maximum absolute atomic E-state index is 13.3. The molecule has 0 saturated carbocycles. The summed E-state index contributed by atoms with van der Waals surface area (Å²) < 4.78 is 45.4. The normalized spacial score (nSPS) is 18.4. The Hall–Kier alpha value is -2.84. The molecule has 0 bridgehead atoms. The van der Waals surface area contributed by atoms with Crippen LogP contribution in [0, 0.1) is 0 Å². The molecule has 9 heteroatoms. The van der Waals surface area contributed by atoms with Crippen LogP contribution in [-0.2, 0) is 11.0 Å². The molecule has 1 saturated heterocycles. The number of carbonyl (C=O) groups is 1. The molecule has 0 amide bonds. The van der Waals surface area contributed by atoms with E-state index in [0.29, 0.717) is 23.8 Å². The van der Waals surface area contributed by atoms with Gasteiger partial charge in [-0.2, -0.15) is 13.2 Å². The standard InChI is InChI=1S/C16H12F3N3O3/c17-16(18,19)15-20-11-8-4-1-2-6-10(8)25-12(11)13(21-15)22-7-3-5-9(22)14(23)24/h1-2,4,6,9H,3,5,7H2,(H,23,24)/t9-/m0/s1. The zero-order valence-corrected chi connectivity index (χ0v) is 12.7. The summed E-state index contributed by atoms with van der Waals surface area (Å²) in [6, 6.07) is 5.65. The number of rotatable bonds is 2. The minimum atomic E-state index is -4.75. The van der Waals surface area contributed by atoms with Gasteiger partial charge in [0, 0.05) is 11.9 Å². The number of halogens is 3. The van der Waals surface area contributed by atoms with Gasteiger partial charge in [0.05, 0.1) is 0 Å². The van der Waals surface area contributed by atoms with Crippen LogP contribution in [0.5, 0.6) is 0 Å². The lowest BCUT2D eigenvalue weighted by atomic mass is 10.2. The van der Waals surface area contributed by atoms with Crippen molar-refractivity contribution < 1.29 is 27.5 Å². The maximum atomic E-state index is 13.3. The zero-order chi connectivity index (χ0) is 17.8. The molecule has 6 nitrogen and oxygen atoms in total. The fraction of sp³-hybridized carbons (Fsp3) is 0.312. The van der Waals surface area contributed by atoms with Crippen LogP contribution in [0.4, 0.5) is 19.0 Å². The molecular weight excluding hydrogens is 339 g/mol. The van der Waals surface area contributed by atoms with Crippen LogP contribution in [0.1, 0.15) is 18.7 Å². The van der Waals surface area contributed by atoms with Crippen molar-refractivity contribution in [2.75, 3.05) is 11.4 Å². The lowest BCUT2D eigenvalue weighted by Crippen LogP contribution is -2.37. The van der Waals surface area contributed by atoms with E-state index in [0.717, 1.165) is 0 Å². The summed E-state index contributed by atoms with van der Waals surface area (Å²) in [6.07, 6.45) is -3.87. The van der Waals surface area contributed by atoms with Gasteiger partial charge in [-0.15, -0.1) is 0 Å². The van der Waals surface area contributed by atoms with Crippen molar-refractivity contribution >= 4 is 33.9 Å². The van der Waals surface area contributed by atoms with Crippen molar-refractivity contribution in [3.8, 4) is 0 Å². The summed E-state index contributed by atoms with van der Waals surface area (Å²) in [6.45, 7) is 0.289. The van der Waals surface area contributed by atoms with E-state index in [9.17, 15) is 23.1 Å². The van der Waals surface area contributed by atoms with Gasteiger partial charge in [-0.05, 0) is 25.0 Å². The van der Waals surface area contributed by atoms with Crippen LogP contribution in [0.25, 0.3) is 22.1 Å². The van der Waals surface area contributed by atoms with E-state index in [4.69, 9.17) is 4.42 Å². The van der Waals surface area contributed by atoms with Crippen LogP contribution >= 0.6 is 0 Å². The second-order valence-corrected chi connectivity index (χ2v) is 5.83. The van der Waals surface area contributed by atoms with Crippen molar-refractivity contribution in [2.24, 2.45) is 0 Å². The molecule has 1 aliphatic heterocycles. The molecule has 1 N–H and O–H groups in total. The van der Waals surface area contributed by atoms with Gasteiger partial charge in [0.1, 0.15) is 17.1 Å². The Morgan fingerprint density at radius 1 is 1.28 bits per heavy atom. The lowest BCUT2D eigenvalue weighted by molar-refractivity contribution is -0.144. The highest BCUT2D eigenvalue weighted by Gasteiger charge is 2.39. The Labute approximate surface area is 138 Å². The summed E-state index contributed by atoms with van der Waals surface area (Å²) in [5.74, 6) is -2.54. The SMILES string of the molecule is O=C(O)[C@@H]1CCCN1c1nc(C(F)(F)F)nc2c1oc1ccccc12. The molecule has 0 aliphatic carbocycles. The number of furan rings is 1. The molecule has 2 aromatic heterocycles. The monoisotopic (exact) mass is 351 g/mol. The van der Waals surface area contributed by atoms with E-state index in [2.05, 4.69) is 9.97 Å². The van der Waals surface area contributed by atoms with E-state index in [1.807, 2.05) is 0 Å². The molecule has 1 fully saturated rings. The van der Waals surface area contributed by atoms with Crippen LogP contribution in [0.3, 0.4) is 0 Å². The predicted octanol–water partition coefficient (Wildman–Crippen LogP) is 3.45. The van der Waals surface area contributed by atoms with Crippen molar-refractivity contribution in [1.82, 2.24) is 9.97 Å². The molecule has 25 heavy (non-hydrogen) atoms. The van der Waals surface area contributed by atoms with Gasteiger partial charge < -0.3 is 14.4 Å². The number of carboxylic acids is 1. The number of hydrogen-bond donors (Lipinski definition) is 1. The number of aromatic nitrogens is 2. The minimum Gasteiger partial charge on any atom is -0.480 e. The first-order valence-corrected chi connectivity index (χ1v) is 7.62. The molecule has 0 spiro atoms. The Morgan fingerprint density at radius 2 is 2.04 bits per heavy atom. The first kappa shape index (κ1) is 15.7. The number of alkyl halides is 3. The van der Waals surface area contributed by atoms with Gasteiger partial charge in [0.2, 0.25) is 5.82 Å². The number of nitrogens with zero attached hydrogens (tertiary/aromatic N) is 3. The van der Waals surface area contributed by atoms with Gasteiger partial charge in [0.25, 0.3) is 0 Å². The predicted molar refractivity (Wildman–Crippen MR) is 82.3 cm³/mol. The molecular formula is C16H12F3N3O3. The summed E-state index contributed by atoms with van der Waals surface area (Å²) >= 11 is 0. The molecule has 0 radical (unpaired) electrons. The fourth-order valence-electron chi connectivity index (χ4n) is 3.17. The second kappa shape index (κ2) is 5.33. The summed E-state index contributed by atoms with van der Waals surface area (Å²) in [5.41, 5.74) is 0.477. The number of fused-ring (bicyclic) bond motifs is 3. The van der Waals surface area contributed by atoms with Gasteiger partial charge in [-0.1, -0.05) is 12.1 Å². The van der Waals surface area contributed by atoms with Crippen LogP contribution in [0.2, 0.25) is 0 Å². The molecule has 1 aliphatic rings. The van der Waals surface area contributed by atoms with E-state index in [-0.39, 0.29) is 23.5 Å². The first-order chi connectivity index (χ1) is 11.9. The van der Waals surface area contributed by atoms with Crippen LogP contribution < -0.4 is 4.90 Å². The average Bonchev–Trinajstić information content (AvgIpc) is 3.17. The number of aliphatic carboxylic acids is 1. The van der Waals surface area contributed by atoms with Gasteiger partial charge in [-0.25, -0.2) is 14.8 Å². The van der Waals surface area contributed by atoms with Crippen molar-refractivity contribution in [2.45, 2.75) is 25.1 Å². The molecule has 1 aromatic carbocycles. The first-order valence-electron chi connectivity index (χ1n) is 7.62.